The summed E-state index contributed by atoms with van der Waals surface area (Å²) in [5.74, 6) is 0. The normalized spacial score (nSPS) is 20.6. The molecule has 7 heavy (non-hydrogen) atoms. The topological polar surface area (TPSA) is 50.0 Å². The Balaban J connectivity index is 0.000000360. The second-order valence-corrected chi connectivity index (χ2v) is 1.29. The van der Waals surface area contributed by atoms with Crippen molar-refractivity contribution in [3.63, 3.8) is 0 Å². The van der Waals surface area contributed by atoms with Gasteiger partial charge in [-0.3, -0.25) is 0 Å². The van der Waals surface area contributed by atoms with Crippen molar-refractivity contribution < 1.29 is 14.9 Å². The molecule has 0 unspecified atom stereocenters. The van der Waals surface area contributed by atoms with Crippen molar-refractivity contribution in [2.24, 2.45) is 0 Å². The highest BCUT2D eigenvalue weighted by atomic mass is 16.7. The Hall–Kier alpha value is -0.120. The maximum absolute atomic E-state index is 4.85. The second-order valence-electron chi connectivity index (χ2n) is 1.29. The summed E-state index contributed by atoms with van der Waals surface area (Å²) in [6.45, 7) is 2.25. The Morgan fingerprint density at radius 3 is 1.71 bits per heavy atom. The highest BCUT2D eigenvalue weighted by molar-refractivity contribution is 4.34. The van der Waals surface area contributed by atoms with E-state index in [1.807, 2.05) is 0 Å². The number of ether oxygens (including phenoxy) is 2. The van der Waals surface area contributed by atoms with Gasteiger partial charge in [-0.1, -0.05) is 0 Å². The summed E-state index contributed by atoms with van der Waals surface area (Å²) in [6.07, 6.45) is 1.06. The summed E-state index contributed by atoms with van der Waals surface area (Å²) in [7, 11) is 0. The number of hydrogen-bond acceptors (Lipinski definition) is 2. The van der Waals surface area contributed by atoms with Crippen LogP contribution in [-0.2, 0) is 9.47 Å². The van der Waals surface area contributed by atoms with Crippen LogP contribution >= 0.6 is 0 Å². The Morgan fingerprint density at radius 2 is 1.57 bits per heavy atom. The fraction of sp³-hybridized carbons (Fsp3) is 1.00. The molecule has 0 aromatic rings. The smallest absolute Gasteiger partial charge is 0.146 e. The maximum atomic E-state index is 4.85. The maximum Gasteiger partial charge on any atom is 0.146 e. The summed E-state index contributed by atoms with van der Waals surface area (Å²) >= 11 is 0. The van der Waals surface area contributed by atoms with Crippen molar-refractivity contribution in [3.8, 4) is 0 Å². The molecule has 0 atom stereocenters. The molecule has 2 N–H and O–H groups in total. The minimum absolute atomic E-state index is 0. The van der Waals surface area contributed by atoms with E-state index >= 15 is 0 Å². The van der Waals surface area contributed by atoms with Crippen LogP contribution in [0.2, 0.25) is 0 Å². The average Bonchev–Trinajstić information content (AvgIpc) is 1.72. The second kappa shape index (κ2) is 4.05. The molecule has 1 fully saturated rings. The first-order valence-electron chi connectivity index (χ1n) is 2.15. The summed E-state index contributed by atoms with van der Waals surface area (Å²) in [6, 6.07) is 0. The molecule has 1 saturated heterocycles. The van der Waals surface area contributed by atoms with Gasteiger partial charge in [-0.25, -0.2) is 0 Å². The standard InChI is InChI=1S/C4H8O2.H2O/c1-2-5-4-6-3-1;/h1-4H2;1H2. The van der Waals surface area contributed by atoms with Gasteiger partial charge >= 0.3 is 0 Å². The predicted molar refractivity (Wildman–Crippen MR) is 25.0 cm³/mol. The first-order chi connectivity index (χ1) is 3.00. The molecule has 1 aliphatic heterocycles. The lowest BCUT2D eigenvalue weighted by atomic mass is 10.5. The van der Waals surface area contributed by atoms with E-state index < -0.39 is 0 Å². The Labute approximate surface area is 42.5 Å². The first-order valence-corrected chi connectivity index (χ1v) is 2.15. The molecule has 0 spiro atoms. The molecule has 1 heterocycles. The van der Waals surface area contributed by atoms with Crippen LogP contribution < -0.4 is 0 Å². The van der Waals surface area contributed by atoms with Crippen LogP contribution in [0.4, 0.5) is 0 Å². The van der Waals surface area contributed by atoms with Crippen LogP contribution in [0.15, 0.2) is 0 Å². The molecule has 0 aromatic heterocycles. The first kappa shape index (κ1) is 6.88. The van der Waals surface area contributed by atoms with Gasteiger partial charge in [0.25, 0.3) is 0 Å². The van der Waals surface area contributed by atoms with E-state index in [4.69, 9.17) is 9.47 Å². The van der Waals surface area contributed by atoms with E-state index in [9.17, 15) is 0 Å². The Bertz CT molecular complexity index is 22.4. The van der Waals surface area contributed by atoms with Crippen LogP contribution in [0.3, 0.4) is 0 Å². The van der Waals surface area contributed by atoms with Gasteiger partial charge in [0.2, 0.25) is 0 Å². The van der Waals surface area contributed by atoms with Crippen molar-refractivity contribution in [3.05, 3.63) is 0 Å². The van der Waals surface area contributed by atoms with Crippen LogP contribution in [0.25, 0.3) is 0 Å². The Morgan fingerprint density at radius 1 is 1.00 bits per heavy atom. The van der Waals surface area contributed by atoms with Gasteiger partial charge in [-0.2, -0.15) is 0 Å². The van der Waals surface area contributed by atoms with Gasteiger partial charge in [0, 0.05) is 0 Å². The predicted octanol–water partition coefficient (Wildman–Crippen LogP) is -0.444. The van der Waals surface area contributed by atoms with Gasteiger partial charge in [0.05, 0.1) is 13.2 Å². The van der Waals surface area contributed by atoms with Gasteiger partial charge in [0.15, 0.2) is 0 Å². The lowest BCUT2D eigenvalue weighted by molar-refractivity contribution is -0.0963. The van der Waals surface area contributed by atoms with E-state index in [-0.39, 0.29) is 5.48 Å². The van der Waals surface area contributed by atoms with Crippen molar-refractivity contribution in [1.82, 2.24) is 0 Å². The van der Waals surface area contributed by atoms with Gasteiger partial charge in [0.1, 0.15) is 6.79 Å². The van der Waals surface area contributed by atoms with Crippen molar-refractivity contribution in [2.45, 2.75) is 6.42 Å². The fourth-order valence-corrected chi connectivity index (χ4v) is 0.440. The van der Waals surface area contributed by atoms with Crippen molar-refractivity contribution >= 4 is 0 Å². The van der Waals surface area contributed by atoms with E-state index in [1.165, 1.54) is 0 Å². The zero-order valence-electron chi connectivity index (χ0n) is 4.14. The SMILES string of the molecule is C1COCOC1.O. The Kier molecular flexibility index (Phi) is 3.98. The minimum Gasteiger partial charge on any atom is -0.412 e. The molecule has 0 bridgehead atoms. The monoisotopic (exact) mass is 106 g/mol. The highest BCUT2D eigenvalue weighted by Gasteiger charge is 1.94. The molecule has 0 aliphatic carbocycles. The van der Waals surface area contributed by atoms with Gasteiger partial charge in [-0.15, -0.1) is 0 Å². The fourth-order valence-electron chi connectivity index (χ4n) is 0.440. The highest BCUT2D eigenvalue weighted by Crippen LogP contribution is 1.91. The van der Waals surface area contributed by atoms with E-state index in [1.54, 1.807) is 0 Å². The van der Waals surface area contributed by atoms with Crippen LogP contribution in [0, 0.1) is 0 Å². The molecule has 3 nitrogen and oxygen atoms in total. The summed E-state index contributed by atoms with van der Waals surface area (Å²) in [5, 5.41) is 0. The van der Waals surface area contributed by atoms with Crippen LogP contribution in [-0.4, -0.2) is 25.5 Å². The van der Waals surface area contributed by atoms with Gasteiger partial charge < -0.3 is 14.9 Å². The third-order valence-corrected chi connectivity index (χ3v) is 0.744. The molecule has 44 valence electrons. The van der Waals surface area contributed by atoms with Crippen molar-refractivity contribution in [1.29, 1.82) is 0 Å². The van der Waals surface area contributed by atoms with Crippen LogP contribution in [0.1, 0.15) is 6.42 Å². The molecular weight excluding hydrogens is 96.0 g/mol. The molecule has 0 aromatic carbocycles. The number of rotatable bonds is 0. The molecular formula is C4H10O3. The average molecular weight is 106 g/mol. The van der Waals surface area contributed by atoms with Crippen molar-refractivity contribution in [2.75, 3.05) is 20.0 Å². The summed E-state index contributed by atoms with van der Waals surface area (Å²) < 4.78 is 9.69. The van der Waals surface area contributed by atoms with Gasteiger partial charge in [-0.05, 0) is 6.42 Å². The van der Waals surface area contributed by atoms with Crippen LogP contribution in [0.5, 0.6) is 0 Å². The lowest BCUT2D eigenvalue weighted by Crippen LogP contribution is -2.11. The zero-order chi connectivity index (χ0) is 4.24. The molecule has 1 rings (SSSR count). The van der Waals surface area contributed by atoms with E-state index in [2.05, 4.69) is 0 Å². The quantitative estimate of drug-likeness (QED) is 0.420. The molecule has 1 aliphatic rings. The molecule has 0 saturated carbocycles. The summed E-state index contributed by atoms with van der Waals surface area (Å²) in [4.78, 5) is 0. The summed E-state index contributed by atoms with van der Waals surface area (Å²) in [5.41, 5.74) is 0. The minimum atomic E-state index is 0. The third kappa shape index (κ3) is 2.56. The lowest BCUT2D eigenvalue weighted by Gasteiger charge is -2.09. The zero-order valence-corrected chi connectivity index (χ0v) is 4.14. The largest absolute Gasteiger partial charge is 0.412 e. The molecule has 3 heteroatoms. The molecule has 0 radical (unpaired) electrons. The van der Waals surface area contributed by atoms with E-state index in [0.717, 1.165) is 19.6 Å². The number of hydrogen-bond donors (Lipinski definition) is 0. The third-order valence-electron chi connectivity index (χ3n) is 0.744. The van der Waals surface area contributed by atoms with E-state index in [0.29, 0.717) is 6.79 Å². The molecule has 0 amide bonds.